The summed E-state index contributed by atoms with van der Waals surface area (Å²) in [5.41, 5.74) is 14.8. The molecule has 8 aromatic carbocycles. The number of para-hydroxylation sites is 4. The maximum atomic E-state index is 5.49. The van der Waals surface area contributed by atoms with Crippen LogP contribution in [-0.2, 0) is 5.41 Å². The molecular formula is C54H37N5. The number of fused-ring (bicyclic) bond motifs is 9. The lowest BCUT2D eigenvalue weighted by Crippen LogP contribution is -2.14. The lowest BCUT2D eigenvalue weighted by atomic mass is 9.82. The van der Waals surface area contributed by atoms with E-state index in [1.807, 2.05) is 6.07 Å². The largest absolute Gasteiger partial charge is 0.278 e. The normalized spacial score (nSPS) is 13.1. The van der Waals surface area contributed by atoms with E-state index in [2.05, 4.69) is 205 Å². The van der Waals surface area contributed by atoms with Crippen molar-refractivity contribution in [1.29, 1.82) is 0 Å². The van der Waals surface area contributed by atoms with Crippen molar-refractivity contribution in [3.8, 4) is 56.7 Å². The molecule has 3 aromatic heterocycles. The molecule has 0 saturated carbocycles. The van der Waals surface area contributed by atoms with Gasteiger partial charge in [-0.15, -0.1) is 0 Å². The molecule has 0 amide bonds. The van der Waals surface area contributed by atoms with Gasteiger partial charge in [-0.25, -0.2) is 0 Å². The van der Waals surface area contributed by atoms with Gasteiger partial charge >= 0.3 is 0 Å². The first-order valence-corrected chi connectivity index (χ1v) is 20.2. The third-order valence-corrected chi connectivity index (χ3v) is 12.4. The minimum absolute atomic E-state index is 0.128. The number of benzene rings is 8. The van der Waals surface area contributed by atoms with Crippen LogP contribution in [0.5, 0.6) is 0 Å². The number of hydrogen-bond acceptors (Lipinski definition) is 3. The molecule has 1 aliphatic rings. The van der Waals surface area contributed by atoms with Crippen LogP contribution in [0.15, 0.2) is 188 Å². The molecule has 11 aromatic rings. The Morgan fingerprint density at radius 1 is 0.373 bits per heavy atom. The van der Waals surface area contributed by atoms with Gasteiger partial charge in [0.05, 0.1) is 22.1 Å². The van der Waals surface area contributed by atoms with Gasteiger partial charge in [-0.05, 0) is 63.2 Å². The van der Waals surface area contributed by atoms with E-state index in [0.29, 0.717) is 17.7 Å². The summed E-state index contributed by atoms with van der Waals surface area (Å²) in [6, 6.07) is 67.0. The molecule has 0 N–H and O–H groups in total. The lowest BCUT2D eigenvalue weighted by Gasteiger charge is -2.21. The van der Waals surface area contributed by atoms with Crippen LogP contribution in [0.2, 0.25) is 0 Å². The molecule has 0 bridgehead atoms. The van der Waals surface area contributed by atoms with Gasteiger partial charge in [0.15, 0.2) is 5.82 Å². The summed E-state index contributed by atoms with van der Waals surface area (Å²) in [6.07, 6.45) is 0. The Balaban J connectivity index is 1.19. The number of hydrogen-bond donors (Lipinski definition) is 0. The highest BCUT2D eigenvalue weighted by Gasteiger charge is 2.37. The van der Waals surface area contributed by atoms with Crippen molar-refractivity contribution < 1.29 is 0 Å². The van der Waals surface area contributed by atoms with E-state index in [1.54, 1.807) is 0 Å². The van der Waals surface area contributed by atoms with E-state index in [1.165, 1.54) is 27.8 Å². The number of rotatable bonds is 5. The fourth-order valence-electron chi connectivity index (χ4n) is 9.71. The molecule has 12 rings (SSSR count). The van der Waals surface area contributed by atoms with Crippen molar-refractivity contribution in [2.24, 2.45) is 0 Å². The van der Waals surface area contributed by atoms with Crippen molar-refractivity contribution in [1.82, 2.24) is 24.1 Å². The third-order valence-electron chi connectivity index (χ3n) is 12.4. The molecule has 0 atom stereocenters. The van der Waals surface area contributed by atoms with Gasteiger partial charge in [-0.2, -0.15) is 15.0 Å². The predicted molar refractivity (Wildman–Crippen MR) is 242 cm³/mol. The Morgan fingerprint density at radius 3 is 1.61 bits per heavy atom. The highest BCUT2D eigenvalue weighted by atomic mass is 15.3. The molecule has 278 valence electrons. The second-order valence-corrected chi connectivity index (χ2v) is 16.0. The van der Waals surface area contributed by atoms with E-state index < -0.39 is 0 Å². The van der Waals surface area contributed by atoms with Gasteiger partial charge in [-0.3, -0.25) is 9.13 Å². The maximum Gasteiger partial charge on any atom is 0.240 e. The van der Waals surface area contributed by atoms with Crippen molar-refractivity contribution >= 4 is 43.6 Å². The van der Waals surface area contributed by atoms with Gasteiger partial charge in [0, 0.05) is 38.1 Å². The molecule has 1 aliphatic carbocycles. The first-order chi connectivity index (χ1) is 29.0. The molecule has 5 nitrogen and oxygen atoms in total. The van der Waals surface area contributed by atoms with Crippen LogP contribution in [0, 0.1) is 0 Å². The smallest absolute Gasteiger partial charge is 0.240 e. The fourth-order valence-corrected chi connectivity index (χ4v) is 9.71. The number of nitrogens with zero attached hydrogens (tertiary/aromatic N) is 5. The van der Waals surface area contributed by atoms with Crippen molar-refractivity contribution in [2.75, 3.05) is 0 Å². The Morgan fingerprint density at radius 2 is 0.864 bits per heavy atom. The van der Waals surface area contributed by atoms with Crippen LogP contribution in [-0.4, -0.2) is 24.1 Å². The molecule has 59 heavy (non-hydrogen) atoms. The average molecular weight is 756 g/mol. The van der Waals surface area contributed by atoms with Gasteiger partial charge < -0.3 is 0 Å². The Kier molecular flexibility index (Phi) is 7.20. The van der Waals surface area contributed by atoms with Crippen LogP contribution in [0.1, 0.15) is 25.0 Å². The minimum Gasteiger partial charge on any atom is -0.278 e. The lowest BCUT2D eigenvalue weighted by molar-refractivity contribution is 0.660. The van der Waals surface area contributed by atoms with Gasteiger partial charge in [-0.1, -0.05) is 178 Å². The zero-order chi connectivity index (χ0) is 39.2. The molecular weight excluding hydrogens is 719 g/mol. The average Bonchev–Trinajstić information content (AvgIpc) is 3.90. The van der Waals surface area contributed by atoms with Crippen LogP contribution < -0.4 is 0 Å². The molecule has 3 heterocycles. The number of aromatic nitrogens is 5. The van der Waals surface area contributed by atoms with E-state index >= 15 is 0 Å². The summed E-state index contributed by atoms with van der Waals surface area (Å²) in [5, 5.41) is 4.59. The SMILES string of the molecule is CC1(C)c2ccccc2-c2c(-c3cccc4c5ccccc5n(-c5nc(-c6cccc(-c7ccccc7)c6)nc(-n6c7ccccc7c7ccccc76)n5)c34)cccc21. The zero-order valence-electron chi connectivity index (χ0n) is 32.6. The van der Waals surface area contributed by atoms with E-state index in [-0.39, 0.29) is 5.41 Å². The summed E-state index contributed by atoms with van der Waals surface area (Å²) in [6.45, 7) is 4.68. The molecule has 0 spiro atoms. The summed E-state index contributed by atoms with van der Waals surface area (Å²) < 4.78 is 4.47. The highest BCUT2D eigenvalue weighted by Crippen LogP contribution is 2.53. The van der Waals surface area contributed by atoms with Crippen LogP contribution in [0.25, 0.3) is 100 Å². The van der Waals surface area contributed by atoms with Gasteiger partial charge in [0.2, 0.25) is 11.9 Å². The zero-order valence-corrected chi connectivity index (χ0v) is 32.6. The molecule has 0 saturated heterocycles. The summed E-state index contributed by atoms with van der Waals surface area (Å²) >= 11 is 0. The van der Waals surface area contributed by atoms with Gasteiger partial charge in [0.1, 0.15) is 0 Å². The summed E-state index contributed by atoms with van der Waals surface area (Å²) in [5.74, 6) is 1.72. The Hall–Kier alpha value is -7.63. The van der Waals surface area contributed by atoms with Crippen LogP contribution in [0.3, 0.4) is 0 Å². The Bertz CT molecular complexity index is 3430. The van der Waals surface area contributed by atoms with Crippen LogP contribution in [0.4, 0.5) is 0 Å². The van der Waals surface area contributed by atoms with Gasteiger partial charge in [0.25, 0.3) is 0 Å². The van der Waals surface area contributed by atoms with E-state index in [9.17, 15) is 0 Å². The third kappa shape index (κ3) is 4.95. The molecule has 0 fully saturated rings. The summed E-state index contributed by atoms with van der Waals surface area (Å²) in [7, 11) is 0. The Labute approximate surface area is 341 Å². The molecule has 0 unspecified atom stereocenters. The second kappa shape index (κ2) is 12.7. The standard InChI is InChI=1S/C54H37N5/c1-54(2)44-28-10-6-24-43(44)49-40(25-16-29-45(49)54)42-27-15-26-41-39-23-9-13-32-48(39)59(50(41)42)53-56-51(36-20-14-19-35(33-36)34-17-4-3-5-18-34)55-52(57-53)58-46-30-11-7-21-37(46)38-22-8-12-31-47(38)58/h3-33H,1-2H3. The second-order valence-electron chi connectivity index (χ2n) is 16.0. The minimum atomic E-state index is -0.128. The predicted octanol–water partition coefficient (Wildman–Crippen LogP) is 13.4. The molecule has 0 radical (unpaired) electrons. The van der Waals surface area contributed by atoms with Crippen molar-refractivity contribution in [2.45, 2.75) is 19.3 Å². The van der Waals surface area contributed by atoms with Crippen molar-refractivity contribution in [3.63, 3.8) is 0 Å². The quantitative estimate of drug-likeness (QED) is 0.176. The topological polar surface area (TPSA) is 48.5 Å². The molecule has 5 heteroatoms. The van der Waals surface area contributed by atoms with E-state index in [0.717, 1.165) is 65.9 Å². The monoisotopic (exact) mass is 755 g/mol. The fraction of sp³-hybridized carbons (Fsp3) is 0.0556. The highest BCUT2D eigenvalue weighted by molar-refractivity contribution is 6.15. The van der Waals surface area contributed by atoms with Crippen molar-refractivity contribution in [3.05, 3.63) is 199 Å². The molecule has 0 aliphatic heterocycles. The van der Waals surface area contributed by atoms with E-state index in [4.69, 9.17) is 15.0 Å². The maximum absolute atomic E-state index is 5.49. The first-order valence-electron chi connectivity index (χ1n) is 20.2. The summed E-state index contributed by atoms with van der Waals surface area (Å²) in [4.78, 5) is 16.3. The first kappa shape index (κ1) is 33.5. The van der Waals surface area contributed by atoms with Crippen LogP contribution >= 0.6 is 0 Å².